The van der Waals surface area contributed by atoms with Crippen LogP contribution in [-0.2, 0) is 12.5 Å². The van der Waals surface area contributed by atoms with E-state index in [-0.39, 0.29) is 5.41 Å². The van der Waals surface area contributed by atoms with Gasteiger partial charge in [-0.25, -0.2) is 0 Å². The van der Waals surface area contributed by atoms with Crippen molar-refractivity contribution in [2.45, 2.75) is 32.6 Å². The molecule has 3 nitrogen and oxygen atoms in total. The molecule has 0 saturated heterocycles. The Morgan fingerprint density at radius 2 is 2.00 bits per heavy atom. The number of rotatable bonds is 4. The standard InChI is InChI=1S/C16H24N2O/c1-11-6-7-13(19-5)15-14(11)12(10-18(15)4)16(2,3)8-9-17/h6-7,10H,8-9,17H2,1-5H3. The summed E-state index contributed by atoms with van der Waals surface area (Å²) in [6, 6.07) is 4.17. The van der Waals surface area contributed by atoms with Gasteiger partial charge in [0, 0.05) is 18.6 Å². The lowest BCUT2D eigenvalue weighted by Gasteiger charge is -2.24. The molecule has 0 unspecified atom stereocenters. The van der Waals surface area contributed by atoms with Crippen molar-refractivity contribution in [2.75, 3.05) is 13.7 Å². The number of hydrogen-bond acceptors (Lipinski definition) is 2. The first kappa shape index (κ1) is 13.9. The summed E-state index contributed by atoms with van der Waals surface area (Å²) in [5.74, 6) is 0.929. The average Bonchev–Trinajstić information content (AvgIpc) is 2.70. The Morgan fingerprint density at radius 1 is 1.32 bits per heavy atom. The highest BCUT2D eigenvalue weighted by atomic mass is 16.5. The second-order valence-electron chi connectivity index (χ2n) is 5.88. The van der Waals surface area contributed by atoms with Gasteiger partial charge in [-0.3, -0.25) is 0 Å². The van der Waals surface area contributed by atoms with Gasteiger partial charge < -0.3 is 15.0 Å². The third-order valence-corrected chi connectivity index (χ3v) is 4.01. The Hall–Kier alpha value is -1.48. The van der Waals surface area contributed by atoms with E-state index in [9.17, 15) is 0 Å². The molecule has 2 rings (SSSR count). The maximum Gasteiger partial charge on any atom is 0.143 e. The van der Waals surface area contributed by atoms with Crippen molar-refractivity contribution >= 4 is 10.9 Å². The van der Waals surface area contributed by atoms with Gasteiger partial charge in [0.25, 0.3) is 0 Å². The van der Waals surface area contributed by atoms with Crippen molar-refractivity contribution in [1.82, 2.24) is 4.57 Å². The number of fused-ring (bicyclic) bond motifs is 1. The van der Waals surface area contributed by atoms with Crippen LogP contribution in [0.3, 0.4) is 0 Å². The summed E-state index contributed by atoms with van der Waals surface area (Å²) in [7, 11) is 3.80. The average molecular weight is 260 g/mol. The second-order valence-corrected chi connectivity index (χ2v) is 5.88. The van der Waals surface area contributed by atoms with Crippen LogP contribution in [0.25, 0.3) is 10.9 Å². The number of aromatic nitrogens is 1. The molecule has 2 N–H and O–H groups in total. The van der Waals surface area contributed by atoms with Crippen LogP contribution < -0.4 is 10.5 Å². The van der Waals surface area contributed by atoms with Crippen LogP contribution >= 0.6 is 0 Å². The third-order valence-electron chi connectivity index (χ3n) is 4.01. The molecular formula is C16H24N2O. The summed E-state index contributed by atoms with van der Waals surface area (Å²) in [6.07, 6.45) is 3.19. The third kappa shape index (κ3) is 2.23. The van der Waals surface area contributed by atoms with Crippen LogP contribution in [0.4, 0.5) is 0 Å². The lowest BCUT2D eigenvalue weighted by molar-refractivity contribution is 0.418. The van der Waals surface area contributed by atoms with Gasteiger partial charge in [0.15, 0.2) is 0 Å². The van der Waals surface area contributed by atoms with E-state index in [0.717, 1.165) is 12.2 Å². The van der Waals surface area contributed by atoms with Crippen LogP contribution in [0, 0.1) is 6.92 Å². The summed E-state index contributed by atoms with van der Waals surface area (Å²) in [5, 5.41) is 1.31. The lowest BCUT2D eigenvalue weighted by Crippen LogP contribution is -2.21. The predicted octanol–water partition coefficient (Wildman–Crippen LogP) is 3.12. The normalized spacial score (nSPS) is 12.1. The zero-order chi connectivity index (χ0) is 14.2. The minimum atomic E-state index is 0.0748. The molecule has 0 aliphatic rings. The van der Waals surface area contributed by atoms with E-state index < -0.39 is 0 Å². The minimum Gasteiger partial charge on any atom is -0.495 e. The summed E-state index contributed by atoms with van der Waals surface area (Å²) in [5.41, 5.74) is 9.65. The molecule has 0 saturated carbocycles. The van der Waals surface area contributed by atoms with Crippen molar-refractivity contribution in [3.8, 4) is 5.75 Å². The Bertz CT molecular complexity index is 596. The van der Waals surface area contributed by atoms with E-state index in [4.69, 9.17) is 10.5 Å². The lowest BCUT2D eigenvalue weighted by atomic mass is 9.80. The molecule has 0 atom stereocenters. The van der Waals surface area contributed by atoms with Crippen molar-refractivity contribution in [3.05, 3.63) is 29.5 Å². The van der Waals surface area contributed by atoms with E-state index >= 15 is 0 Å². The summed E-state index contributed by atoms with van der Waals surface area (Å²) in [6.45, 7) is 7.37. The van der Waals surface area contributed by atoms with Gasteiger partial charge in [0.1, 0.15) is 5.75 Å². The second kappa shape index (κ2) is 4.89. The Balaban J connectivity index is 2.77. The fourth-order valence-electron chi connectivity index (χ4n) is 2.86. The molecule has 19 heavy (non-hydrogen) atoms. The predicted molar refractivity (Wildman–Crippen MR) is 80.9 cm³/mol. The number of nitrogens with zero attached hydrogens (tertiary/aromatic N) is 1. The molecule has 0 amide bonds. The molecular weight excluding hydrogens is 236 g/mol. The summed E-state index contributed by atoms with van der Waals surface area (Å²) < 4.78 is 7.67. The van der Waals surface area contributed by atoms with Crippen molar-refractivity contribution in [2.24, 2.45) is 12.8 Å². The molecule has 1 aromatic heterocycles. The molecule has 0 bridgehead atoms. The highest BCUT2D eigenvalue weighted by Crippen LogP contribution is 2.39. The Kier molecular flexibility index (Phi) is 3.59. The zero-order valence-corrected chi connectivity index (χ0v) is 12.6. The highest BCUT2D eigenvalue weighted by molar-refractivity contribution is 5.92. The van der Waals surface area contributed by atoms with Gasteiger partial charge in [-0.1, -0.05) is 19.9 Å². The van der Waals surface area contributed by atoms with Crippen LogP contribution in [0.15, 0.2) is 18.3 Å². The number of methoxy groups -OCH3 is 1. The molecule has 1 aromatic carbocycles. The molecule has 0 fully saturated rings. The largest absolute Gasteiger partial charge is 0.495 e. The molecule has 0 radical (unpaired) electrons. The molecule has 104 valence electrons. The number of benzene rings is 1. The fourth-order valence-corrected chi connectivity index (χ4v) is 2.86. The monoisotopic (exact) mass is 260 g/mol. The van der Waals surface area contributed by atoms with E-state index in [2.05, 4.69) is 44.6 Å². The van der Waals surface area contributed by atoms with E-state index in [1.54, 1.807) is 7.11 Å². The zero-order valence-electron chi connectivity index (χ0n) is 12.6. The van der Waals surface area contributed by atoms with Crippen LogP contribution in [0.1, 0.15) is 31.4 Å². The van der Waals surface area contributed by atoms with Gasteiger partial charge in [-0.2, -0.15) is 0 Å². The molecule has 2 aromatic rings. The number of ether oxygens (including phenoxy) is 1. The summed E-state index contributed by atoms with van der Waals surface area (Å²) >= 11 is 0. The number of aryl methyl sites for hydroxylation is 2. The quantitative estimate of drug-likeness (QED) is 0.917. The highest BCUT2D eigenvalue weighted by Gasteiger charge is 2.26. The first-order valence-electron chi connectivity index (χ1n) is 6.75. The van der Waals surface area contributed by atoms with E-state index in [1.807, 2.05) is 6.07 Å². The van der Waals surface area contributed by atoms with Crippen molar-refractivity contribution < 1.29 is 4.74 Å². The Morgan fingerprint density at radius 3 is 2.58 bits per heavy atom. The maximum absolute atomic E-state index is 5.77. The summed E-state index contributed by atoms with van der Waals surface area (Å²) in [4.78, 5) is 0. The van der Waals surface area contributed by atoms with Crippen molar-refractivity contribution in [1.29, 1.82) is 0 Å². The van der Waals surface area contributed by atoms with Gasteiger partial charge in [0.05, 0.1) is 12.6 Å². The first-order chi connectivity index (χ1) is 8.92. The van der Waals surface area contributed by atoms with Gasteiger partial charge in [-0.05, 0) is 42.5 Å². The molecule has 0 spiro atoms. The van der Waals surface area contributed by atoms with E-state index in [1.165, 1.54) is 22.0 Å². The number of nitrogens with two attached hydrogens (primary N) is 1. The topological polar surface area (TPSA) is 40.2 Å². The minimum absolute atomic E-state index is 0.0748. The van der Waals surface area contributed by atoms with Gasteiger partial charge in [0.2, 0.25) is 0 Å². The molecule has 1 heterocycles. The van der Waals surface area contributed by atoms with Crippen LogP contribution in [0.2, 0.25) is 0 Å². The molecule has 0 aliphatic carbocycles. The molecule has 3 heteroatoms. The first-order valence-corrected chi connectivity index (χ1v) is 6.75. The van der Waals surface area contributed by atoms with Crippen LogP contribution in [0.5, 0.6) is 5.75 Å². The van der Waals surface area contributed by atoms with E-state index in [0.29, 0.717) is 6.54 Å². The van der Waals surface area contributed by atoms with Gasteiger partial charge in [-0.15, -0.1) is 0 Å². The van der Waals surface area contributed by atoms with Crippen molar-refractivity contribution in [3.63, 3.8) is 0 Å². The maximum atomic E-state index is 5.77. The fraction of sp³-hybridized carbons (Fsp3) is 0.500. The molecule has 0 aliphatic heterocycles. The van der Waals surface area contributed by atoms with Crippen LogP contribution in [-0.4, -0.2) is 18.2 Å². The van der Waals surface area contributed by atoms with Gasteiger partial charge >= 0.3 is 0 Å². The number of hydrogen-bond donors (Lipinski definition) is 1. The smallest absolute Gasteiger partial charge is 0.143 e. The Labute approximate surface area is 115 Å². The SMILES string of the molecule is COc1ccc(C)c2c(C(C)(C)CCN)cn(C)c12.